The lowest BCUT2D eigenvalue weighted by atomic mass is 9.68. The number of benzene rings is 1. The van der Waals surface area contributed by atoms with Gasteiger partial charge in [-0.2, -0.15) is 0 Å². The molecule has 3 unspecified atom stereocenters. The number of halogens is 2. The Morgan fingerprint density at radius 3 is 2.32 bits per heavy atom. The molecule has 0 saturated heterocycles. The van der Waals surface area contributed by atoms with Gasteiger partial charge in [0.2, 0.25) is 0 Å². The molecule has 1 aliphatic rings. The third-order valence-corrected chi connectivity index (χ3v) is 5.35. The summed E-state index contributed by atoms with van der Waals surface area (Å²) in [5.41, 5.74) is 1.75. The lowest BCUT2D eigenvalue weighted by molar-refractivity contribution is 0.144. The molecule has 0 heterocycles. The van der Waals surface area contributed by atoms with E-state index in [4.69, 9.17) is 23.2 Å². The van der Waals surface area contributed by atoms with Gasteiger partial charge in [0.25, 0.3) is 0 Å². The standard InChI is InChI=1S/C17H24Cl2/c1-17(2,3)14-6-9-16(19)13(11-14)10-12-4-7-15(18)8-5-12/h4-5,7-8,13-14,16H,6,9-11H2,1-3H3. The fourth-order valence-electron chi connectivity index (χ4n) is 3.15. The minimum atomic E-state index is 0.328. The van der Waals surface area contributed by atoms with Crippen molar-refractivity contribution in [2.45, 2.75) is 51.8 Å². The van der Waals surface area contributed by atoms with Gasteiger partial charge >= 0.3 is 0 Å². The van der Waals surface area contributed by atoms with Crippen LogP contribution >= 0.6 is 23.2 Å². The zero-order valence-corrected chi connectivity index (χ0v) is 13.6. The summed E-state index contributed by atoms with van der Waals surface area (Å²) >= 11 is 12.5. The van der Waals surface area contributed by atoms with E-state index < -0.39 is 0 Å². The number of hydrogen-bond donors (Lipinski definition) is 0. The van der Waals surface area contributed by atoms with E-state index in [1.807, 2.05) is 12.1 Å². The van der Waals surface area contributed by atoms with E-state index in [1.165, 1.54) is 18.4 Å². The van der Waals surface area contributed by atoms with Crippen LogP contribution in [0.5, 0.6) is 0 Å². The molecule has 0 N–H and O–H groups in total. The average molecular weight is 299 g/mol. The van der Waals surface area contributed by atoms with Crippen molar-refractivity contribution in [3.05, 3.63) is 34.9 Å². The molecule has 0 aliphatic heterocycles. The summed E-state index contributed by atoms with van der Waals surface area (Å²) in [6.07, 6.45) is 4.76. The summed E-state index contributed by atoms with van der Waals surface area (Å²) < 4.78 is 0. The van der Waals surface area contributed by atoms with Crippen LogP contribution in [0.25, 0.3) is 0 Å². The molecule has 2 rings (SSSR count). The van der Waals surface area contributed by atoms with Gasteiger partial charge in [-0.05, 0) is 60.6 Å². The molecule has 0 radical (unpaired) electrons. The van der Waals surface area contributed by atoms with Gasteiger partial charge in [0, 0.05) is 10.4 Å². The average Bonchev–Trinajstić information content (AvgIpc) is 2.33. The summed E-state index contributed by atoms with van der Waals surface area (Å²) in [5, 5.41) is 1.14. The first kappa shape index (κ1) is 15.2. The second-order valence-corrected chi connectivity index (χ2v) is 7.98. The molecule has 1 aromatic carbocycles. The number of hydrogen-bond acceptors (Lipinski definition) is 0. The van der Waals surface area contributed by atoms with Crippen LogP contribution in [0, 0.1) is 17.3 Å². The Balaban J connectivity index is 2.03. The SMILES string of the molecule is CC(C)(C)C1CCC(Cl)C(Cc2ccc(Cl)cc2)C1. The van der Waals surface area contributed by atoms with Gasteiger partial charge in [-0.15, -0.1) is 11.6 Å². The van der Waals surface area contributed by atoms with Crippen LogP contribution < -0.4 is 0 Å². The molecule has 1 aromatic rings. The Hall–Kier alpha value is -0.200. The molecule has 2 heteroatoms. The van der Waals surface area contributed by atoms with Crippen LogP contribution in [-0.4, -0.2) is 5.38 Å². The third kappa shape index (κ3) is 4.13. The van der Waals surface area contributed by atoms with Crippen molar-refractivity contribution in [3.63, 3.8) is 0 Å². The molecule has 19 heavy (non-hydrogen) atoms. The quantitative estimate of drug-likeness (QED) is 0.592. The van der Waals surface area contributed by atoms with Crippen LogP contribution in [0.3, 0.4) is 0 Å². The van der Waals surface area contributed by atoms with Gasteiger partial charge in [0.15, 0.2) is 0 Å². The minimum absolute atomic E-state index is 0.328. The maximum atomic E-state index is 6.55. The van der Waals surface area contributed by atoms with E-state index >= 15 is 0 Å². The fraction of sp³-hybridized carbons (Fsp3) is 0.647. The highest BCUT2D eigenvalue weighted by Gasteiger charge is 2.34. The van der Waals surface area contributed by atoms with E-state index in [0.29, 0.717) is 16.7 Å². The van der Waals surface area contributed by atoms with Crippen LogP contribution in [-0.2, 0) is 6.42 Å². The lowest BCUT2D eigenvalue weighted by Gasteiger charge is -2.40. The number of rotatable bonds is 2. The van der Waals surface area contributed by atoms with Gasteiger partial charge in [-0.25, -0.2) is 0 Å². The summed E-state index contributed by atoms with van der Waals surface area (Å²) in [5.74, 6) is 1.39. The molecular formula is C17H24Cl2. The van der Waals surface area contributed by atoms with Gasteiger partial charge in [-0.3, -0.25) is 0 Å². The zero-order valence-electron chi connectivity index (χ0n) is 12.1. The highest BCUT2D eigenvalue weighted by Crippen LogP contribution is 2.43. The molecular weight excluding hydrogens is 275 g/mol. The Kier molecular flexibility index (Phi) is 4.84. The molecule has 0 nitrogen and oxygen atoms in total. The summed E-state index contributed by atoms with van der Waals surface area (Å²) in [4.78, 5) is 0. The van der Waals surface area contributed by atoms with Crippen LogP contribution in [0.2, 0.25) is 5.02 Å². The zero-order chi connectivity index (χ0) is 14.0. The second kappa shape index (κ2) is 6.06. The van der Waals surface area contributed by atoms with E-state index in [2.05, 4.69) is 32.9 Å². The van der Waals surface area contributed by atoms with Gasteiger partial charge in [0.1, 0.15) is 0 Å². The molecule has 3 atom stereocenters. The van der Waals surface area contributed by atoms with E-state index in [0.717, 1.165) is 23.8 Å². The maximum absolute atomic E-state index is 6.55. The third-order valence-electron chi connectivity index (χ3n) is 4.53. The first-order valence-electron chi connectivity index (χ1n) is 7.25. The van der Waals surface area contributed by atoms with Gasteiger partial charge < -0.3 is 0 Å². The van der Waals surface area contributed by atoms with Crippen molar-refractivity contribution in [2.24, 2.45) is 17.3 Å². The molecule has 0 aromatic heterocycles. The molecule has 0 spiro atoms. The lowest BCUT2D eigenvalue weighted by Crippen LogP contribution is -2.33. The highest BCUT2D eigenvalue weighted by molar-refractivity contribution is 6.30. The first-order valence-corrected chi connectivity index (χ1v) is 8.06. The van der Waals surface area contributed by atoms with E-state index in [-0.39, 0.29) is 0 Å². The first-order chi connectivity index (χ1) is 8.86. The van der Waals surface area contributed by atoms with Crippen LogP contribution in [0.1, 0.15) is 45.6 Å². The second-order valence-electron chi connectivity index (χ2n) is 6.98. The van der Waals surface area contributed by atoms with Crippen molar-refractivity contribution in [2.75, 3.05) is 0 Å². The van der Waals surface area contributed by atoms with Gasteiger partial charge in [0.05, 0.1) is 0 Å². The normalized spacial score (nSPS) is 28.4. The van der Waals surface area contributed by atoms with Crippen molar-refractivity contribution in [1.82, 2.24) is 0 Å². The molecule has 0 bridgehead atoms. The van der Waals surface area contributed by atoms with Gasteiger partial charge in [-0.1, -0.05) is 44.5 Å². The van der Waals surface area contributed by atoms with Crippen molar-refractivity contribution in [1.29, 1.82) is 0 Å². The predicted molar refractivity (Wildman–Crippen MR) is 85.1 cm³/mol. The molecule has 1 aliphatic carbocycles. The smallest absolute Gasteiger partial charge is 0.0406 e. The molecule has 1 fully saturated rings. The van der Waals surface area contributed by atoms with E-state index in [9.17, 15) is 0 Å². The monoisotopic (exact) mass is 298 g/mol. The Labute approximate surface area is 127 Å². The summed E-state index contributed by atoms with van der Waals surface area (Å²) in [7, 11) is 0. The Bertz CT molecular complexity index is 402. The van der Waals surface area contributed by atoms with Crippen molar-refractivity contribution in [3.8, 4) is 0 Å². The predicted octanol–water partition coefficient (Wildman–Crippen LogP) is 5.95. The summed E-state index contributed by atoms with van der Waals surface area (Å²) in [6.45, 7) is 7.06. The van der Waals surface area contributed by atoms with Crippen molar-refractivity contribution < 1.29 is 0 Å². The van der Waals surface area contributed by atoms with E-state index in [1.54, 1.807) is 0 Å². The fourth-order valence-corrected chi connectivity index (χ4v) is 3.59. The molecule has 106 valence electrons. The van der Waals surface area contributed by atoms with Crippen molar-refractivity contribution >= 4 is 23.2 Å². The largest absolute Gasteiger partial charge is 0.123 e. The van der Waals surface area contributed by atoms with Crippen LogP contribution in [0.15, 0.2) is 24.3 Å². The molecule has 1 saturated carbocycles. The minimum Gasteiger partial charge on any atom is -0.123 e. The topological polar surface area (TPSA) is 0 Å². The Morgan fingerprint density at radius 2 is 1.74 bits per heavy atom. The van der Waals surface area contributed by atoms with Crippen LogP contribution in [0.4, 0.5) is 0 Å². The maximum Gasteiger partial charge on any atom is 0.0406 e. The Morgan fingerprint density at radius 1 is 1.11 bits per heavy atom. The number of alkyl halides is 1. The molecule has 0 amide bonds. The highest BCUT2D eigenvalue weighted by atomic mass is 35.5. The summed E-state index contributed by atoms with van der Waals surface area (Å²) in [6, 6.07) is 8.22.